The predicted octanol–water partition coefficient (Wildman–Crippen LogP) is 2.30. The number of carbonyl (C=O) groups excluding carboxylic acids is 1. The Labute approximate surface area is 198 Å². The van der Waals surface area contributed by atoms with Crippen molar-refractivity contribution in [1.29, 1.82) is 0 Å². The highest BCUT2D eigenvalue weighted by Gasteiger charge is 2.36. The van der Waals surface area contributed by atoms with Crippen LogP contribution < -0.4 is 9.47 Å². The molecule has 2 aromatic rings. The first-order valence-electron chi connectivity index (χ1n) is 11.6. The average molecular weight is 490 g/mol. The number of sulfonamides is 1. The van der Waals surface area contributed by atoms with Crippen molar-refractivity contribution in [3.8, 4) is 11.5 Å². The number of halogens is 1. The van der Waals surface area contributed by atoms with Gasteiger partial charge in [0.1, 0.15) is 5.82 Å². The summed E-state index contributed by atoms with van der Waals surface area (Å²) in [5.74, 6) is 0.709. The summed E-state index contributed by atoms with van der Waals surface area (Å²) >= 11 is 0. The van der Waals surface area contributed by atoms with Crippen molar-refractivity contribution in [2.45, 2.75) is 24.3 Å². The van der Waals surface area contributed by atoms with Gasteiger partial charge in [0.15, 0.2) is 11.5 Å². The summed E-state index contributed by atoms with van der Waals surface area (Å²) in [6.45, 7) is 4.29. The topological polar surface area (TPSA) is 79.4 Å². The summed E-state index contributed by atoms with van der Waals surface area (Å²) in [4.78, 5) is 17.4. The van der Waals surface area contributed by atoms with Crippen molar-refractivity contribution in [2.75, 3.05) is 46.1 Å². The molecule has 0 aliphatic carbocycles. The molecule has 10 heteroatoms. The Bertz CT molecular complexity index is 1150. The number of piperidine rings is 1. The molecule has 5 rings (SSSR count). The SMILES string of the molecule is O=C([C@@H]1CCCN(S(=O)(=O)c2ccc(F)cc2)C1)N1CCN(Cc2ccc3c(c2)OCO3)CC1. The molecule has 182 valence electrons. The molecule has 0 unspecified atom stereocenters. The molecule has 3 aliphatic heterocycles. The van der Waals surface area contributed by atoms with Gasteiger partial charge in [-0.15, -0.1) is 0 Å². The van der Waals surface area contributed by atoms with E-state index in [1.807, 2.05) is 23.1 Å². The lowest BCUT2D eigenvalue weighted by atomic mass is 9.97. The van der Waals surface area contributed by atoms with Crippen LogP contribution in [0.15, 0.2) is 47.4 Å². The van der Waals surface area contributed by atoms with Crippen LogP contribution in [0, 0.1) is 11.7 Å². The summed E-state index contributed by atoms with van der Waals surface area (Å²) in [6, 6.07) is 10.8. The van der Waals surface area contributed by atoms with E-state index in [0.29, 0.717) is 32.5 Å². The fourth-order valence-electron chi connectivity index (χ4n) is 4.80. The Balaban J connectivity index is 1.16. The van der Waals surface area contributed by atoms with Gasteiger partial charge >= 0.3 is 0 Å². The minimum absolute atomic E-state index is 0.0155. The standard InChI is InChI=1S/C24H28FN3O5S/c25-20-4-6-21(7-5-20)34(30,31)28-9-1-2-19(16-28)24(29)27-12-10-26(11-13-27)15-18-3-8-22-23(14-18)33-17-32-22/h3-8,14,19H,1-2,9-13,15-17H2/t19-/m1/s1. The zero-order valence-corrected chi connectivity index (χ0v) is 19.7. The monoisotopic (exact) mass is 489 g/mol. The van der Waals surface area contributed by atoms with Crippen LogP contribution in [0.5, 0.6) is 11.5 Å². The molecular formula is C24H28FN3O5S. The van der Waals surface area contributed by atoms with Crippen LogP contribution in [0.2, 0.25) is 0 Å². The maximum Gasteiger partial charge on any atom is 0.243 e. The van der Waals surface area contributed by atoms with Crippen molar-refractivity contribution >= 4 is 15.9 Å². The summed E-state index contributed by atoms with van der Waals surface area (Å²) in [5.41, 5.74) is 1.14. The number of benzene rings is 2. The van der Waals surface area contributed by atoms with Gasteiger partial charge in [0, 0.05) is 45.8 Å². The van der Waals surface area contributed by atoms with Gasteiger partial charge in [0.25, 0.3) is 0 Å². The fourth-order valence-corrected chi connectivity index (χ4v) is 6.32. The molecule has 0 aromatic heterocycles. The van der Waals surface area contributed by atoms with Crippen molar-refractivity contribution in [3.05, 3.63) is 53.8 Å². The van der Waals surface area contributed by atoms with Gasteiger partial charge in [-0.2, -0.15) is 4.31 Å². The molecule has 0 radical (unpaired) electrons. The third-order valence-corrected chi connectivity index (χ3v) is 8.59. The van der Waals surface area contributed by atoms with Gasteiger partial charge in [0.2, 0.25) is 22.7 Å². The second-order valence-electron chi connectivity index (χ2n) is 8.95. The first kappa shape index (κ1) is 23.1. The summed E-state index contributed by atoms with van der Waals surface area (Å²) < 4.78 is 51.4. The number of nitrogens with zero attached hydrogens (tertiary/aromatic N) is 3. The highest BCUT2D eigenvalue weighted by Crippen LogP contribution is 2.33. The van der Waals surface area contributed by atoms with Crippen molar-refractivity contribution in [1.82, 2.24) is 14.1 Å². The number of amides is 1. The third-order valence-electron chi connectivity index (χ3n) is 6.71. The van der Waals surface area contributed by atoms with E-state index in [1.54, 1.807) is 0 Å². The Hall–Kier alpha value is -2.69. The Morgan fingerprint density at radius 1 is 0.971 bits per heavy atom. The molecule has 3 aliphatic rings. The van der Waals surface area contributed by atoms with Crippen LogP contribution in [-0.2, 0) is 21.4 Å². The average Bonchev–Trinajstić information content (AvgIpc) is 3.32. The van der Waals surface area contributed by atoms with Crippen LogP contribution in [0.25, 0.3) is 0 Å². The Morgan fingerprint density at radius 2 is 1.71 bits per heavy atom. The number of hydrogen-bond acceptors (Lipinski definition) is 6. The van der Waals surface area contributed by atoms with E-state index in [1.165, 1.54) is 16.4 Å². The fraction of sp³-hybridized carbons (Fsp3) is 0.458. The molecule has 2 aromatic carbocycles. The predicted molar refractivity (Wildman–Crippen MR) is 122 cm³/mol. The second kappa shape index (κ2) is 9.52. The van der Waals surface area contributed by atoms with Gasteiger partial charge in [-0.3, -0.25) is 9.69 Å². The van der Waals surface area contributed by atoms with E-state index in [-0.39, 0.29) is 30.1 Å². The second-order valence-corrected chi connectivity index (χ2v) is 10.9. The first-order valence-corrected chi connectivity index (χ1v) is 13.0. The number of rotatable bonds is 5. The Kier molecular flexibility index (Phi) is 6.46. The maximum atomic E-state index is 13.2. The summed E-state index contributed by atoms with van der Waals surface area (Å²) in [5, 5.41) is 0. The maximum absolute atomic E-state index is 13.2. The highest BCUT2D eigenvalue weighted by atomic mass is 32.2. The van der Waals surface area contributed by atoms with Crippen molar-refractivity contribution < 1.29 is 27.1 Å². The molecule has 3 heterocycles. The third kappa shape index (κ3) is 4.75. The van der Waals surface area contributed by atoms with Crippen molar-refractivity contribution in [2.24, 2.45) is 5.92 Å². The normalized spacial score (nSPS) is 21.6. The smallest absolute Gasteiger partial charge is 0.243 e. The van der Waals surface area contributed by atoms with E-state index >= 15 is 0 Å². The zero-order chi connectivity index (χ0) is 23.7. The molecule has 1 amide bonds. The van der Waals surface area contributed by atoms with E-state index in [4.69, 9.17) is 9.47 Å². The molecule has 0 bridgehead atoms. The molecule has 1 atom stereocenters. The zero-order valence-electron chi connectivity index (χ0n) is 18.9. The quantitative estimate of drug-likeness (QED) is 0.642. The number of hydrogen-bond donors (Lipinski definition) is 0. The highest BCUT2D eigenvalue weighted by molar-refractivity contribution is 7.89. The lowest BCUT2D eigenvalue weighted by Crippen LogP contribution is -2.52. The minimum Gasteiger partial charge on any atom is -0.454 e. The van der Waals surface area contributed by atoms with E-state index in [0.717, 1.165) is 48.8 Å². The Morgan fingerprint density at radius 3 is 2.47 bits per heavy atom. The molecule has 34 heavy (non-hydrogen) atoms. The van der Waals surface area contributed by atoms with Crippen LogP contribution in [0.1, 0.15) is 18.4 Å². The van der Waals surface area contributed by atoms with Crippen LogP contribution in [0.4, 0.5) is 4.39 Å². The van der Waals surface area contributed by atoms with Gasteiger partial charge in [-0.1, -0.05) is 6.07 Å². The molecule has 0 spiro atoms. The summed E-state index contributed by atoms with van der Waals surface area (Å²) in [7, 11) is -3.76. The lowest BCUT2D eigenvalue weighted by molar-refractivity contribution is -0.138. The van der Waals surface area contributed by atoms with Crippen LogP contribution >= 0.6 is 0 Å². The van der Waals surface area contributed by atoms with Crippen LogP contribution in [0.3, 0.4) is 0 Å². The molecule has 0 N–H and O–H groups in total. The minimum atomic E-state index is -3.76. The number of piperazine rings is 1. The number of carbonyl (C=O) groups is 1. The molecule has 0 saturated carbocycles. The largest absolute Gasteiger partial charge is 0.454 e. The molecule has 2 fully saturated rings. The molecular weight excluding hydrogens is 461 g/mol. The van der Waals surface area contributed by atoms with E-state index in [2.05, 4.69) is 4.90 Å². The van der Waals surface area contributed by atoms with Gasteiger partial charge in [0.05, 0.1) is 10.8 Å². The molecule has 8 nitrogen and oxygen atoms in total. The van der Waals surface area contributed by atoms with Gasteiger partial charge in [-0.05, 0) is 54.8 Å². The van der Waals surface area contributed by atoms with E-state index in [9.17, 15) is 17.6 Å². The van der Waals surface area contributed by atoms with Crippen molar-refractivity contribution in [3.63, 3.8) is 0 Å². The first-order chi connectivity index (χ1) is 16.4. The number of fused-ring (bicyclic) bond motifs is 1. The van der Waals surface area contributed by atoms with E-state index < -0.39 is 15.8 Å². The molecule has 2 saturated heterocycles. The van der Waals surface area contributed by atoms with Crippen LogP contribution in [-0.4, -0.2) is 74.5 Å². The van der Waals surface area contributed by atoms with Gasteiger partial charge in [-0.25, -0.2) is 12.8 Å². The number of ether oxygens (including phenoxy) is 2. The summed E-state index contributed by atoms with van der Waals surface area (Å²) in [6.07, 6.45) is 1.30. The van der Waals surface area contributed by atoms with Gasteiger partial charge < -0.3 is 14.4 Å². The lowest BCUT2D eigenvalue weighted by Gasteiger charge is -2.38.